The van der Waals surface area contributed by atoms with Gasteiger partial charge in [-0.2, -0.15) is 0 Å². The largest absolute Gasteiger partial charge is 0.399 e. The van der Waals surface area contributed by atoms with Crippen molar-refractivity contribution in [2.45, 2.75) is 49.4 Å². The zero-order valence-corrected chi connectivity index (χ0v) is 13.7. The first-order valence-corrected chi connectivity index (χ1v) is 9.09. The highest BCUT2D eigenvalue weighted by Gasteiger charge is 2.58. The molecule has 2 N–H and O–H groups in total. The monoisotopic (exact) mass is 303 g/mol. The molecular weight excluding hydrogens is 278 g/mol. The minimum absolute atomic E-state index is 0.396. The lowest BCUT2D eigenvalue weighted by molar-refractivity contribution is -0.0281. The van der Waals surface area contributed by atoms with E-state index in [1.165, 1.54) is 38.5 Å². The van der Waals surface area contributed by atoms with E-state index in [1.54, 1.807) is 11.1 Å². The maximum Gasteiger partial charge on any atom is 0.0314 e. The maximum absolute atomic E-state index is 5.94. The van der Waals surface area contributed by atoms with Crippen molar-refractivity contribution in [1.82, 2.24) is 0 Å². The van der Waals surface area contributed by atoms with Gasteiger partial charge in [-0.15, -0.1) is 0 Å². The van der Waals surface area contributed by atoms with E-state index in [2.05, 4.69) is 54.6 Å². The van der Waals surface area contributed by atoms with E-state index in [1.807, 2.05) is 0 Å². The SMILES string of the molecule is Nc1ccc(C23CC4CC(CC(c5ccccc5)(C4)C2)C3)cc1. The predicted molar refractivity (Wildman–Crippen MR) is 95.3 cm³/mol. The Morgan fingerprint density at radius 2 is 1.22 bits per heavy atom. The van der Waals surface area contributed by atoms with Crippen LogP contribution in [0.5, 0.6) is 0 Å². The smallest absolute Gasteiger partial charge is 0.0314 e. The molecule has 4 aliphatic rings. The first-order chi connectivity index (χ1) is 11.2. The predicted octanol–water partition coefficient (Wildman–Crippen LogP) is 5.06. The summed E-state index contributed by atoms with van der Waals surface area (Å²) in [4.78, 5) is 0. The highest BCUT2D eigenvalue weighted by molar-refractivity contribution is 5.44. The van der Waals surface area contributed by atoms with E-state index >= 15 is 0 Å². The molecule has 0 aromatic heterocycles. The zero-order valence-electron chi connectivity index (χ0n) is 13.7. The highest BCUT2D eigenvalue weighted by Crippen LogP contribution is 2.66. The highest BCUT2D eigenvalue weighted by atomic mass is 14.6. The van der Waals surface area contributed by atoms with Crippen molar-refractivity contribution in [3.63, 3.8) is 0 Å². The normalized spacial score (nSPS) is 37.9. The van der Waals surface area contributed by atoms with Gasteiger partial charge >= 0.3 is 0 Å². The van der Waals surface area contributed by atoms with Crippen LogP contribution in [0.25, 0.3) is 0 Å². The number of benzene rings is 2. The molecule has 0 amide bonds. The van der Waals surface area contributed by atoms with Gasteiger partial charge in [0.1, 0.15) is 0 Å². The quantitative estimate of drug-likeness (QED) is 0.771. The molecule has 2 aromatic carbocycles. The Kier molecular flexibility index (Phi) is 2.75. The zero-order chi connectivity index (χ0) is 15.5. The molecule has 0 radical (unpaired) electrons. The Labute approximate surface area is 138 Å². The van der Waals surface area contributed by atoms with E-state index in [-0.39, 0.29) is 0 Å². The third-order valence-electron chi connectivity index (χ3n) is 6.97. The van der Waals surface area contributed by atoms with Crippen LogP contribution in [0.15, 0.2) is 54.6 Å². The third-order valence-corrected chi connectivity index (χ3v) is 6.97. The van der Waals surface area contributed by atoms with Crippen LogP contribution in [0.4, 0.5) is 5.69 Å². The number of anilines is 1. The van der Waals surface area contributed by atoms with Gasteiger partial charge in [-0.1, -0.05) is 42.5 Å². The van der Waals surface area contributed by atoms with Gasteiger partial charge in [0.05, 0.1) is 0 Å². The van der Waals surface area contributed by atoms with Crippen LogP contribution in [-0.4, -0.2) is 0 Å². The third kappa shape index (κ3) is 1.99. The van der Waals surface area contributed by atoms with Crippen molar-refractivity contribution in [3.8, 4) is 0 Å². The van der Waals surface area contributed by atoms with E-state index in [0.29, 0.717) is 10.8 Å². The molecule has 2 atom stereocenters. The standard InChI is InChI=1S/C22H25N/c23-20-8-6-19(7-9-20)22-13-16-10-17(14-22)12-21(11-16,15-22)18-4-2-1-3-5-18/h1-9,16-17H,10-15,23H2. The fourth-order valence-corrected chi connectivity index (χ4v) is 6.57. The molecule has 0 saturated heterocycles. The molecule has 1 nitrogen and oxygen atoms in total. The van der Waals surface area contributed by atoms with Crippen molar-refractivity contribution >= 4 is 5.69 Å². The van der Waals surface area contributed by atoms with E-state index in [9.17, 15) is 0 Å². The van der Waals surface area contributed by atoms with E-state index in [4.69, 9.17) is 5.73 Å². The van der Waals surface area contributed by atoms with Gasteiger partial charge in [0.15, 0.2) is 0 Å². The van der Waals surface area contributed by atoms with Crippen LogP contribution in [0.1, 0.15) is 49.7 Å². The summed E-state index contributed by atoms with van der Waals surface area (Å²) in [6.45, 7) is 0. The van der Waals surface area contributed by atoms with Crippen LogP contribution >= 0.6 is 0 Å². The van der Waals surface area contributed by atoms with Crippen molar-refractivity contribution < 1.29 is 0 Å². The Morgan fingerprint density at radius 1 is 0.696 bits per heavy atom. The molecule has 0 spiro atoms. The van der Waals surface area contributed by atoms with Crippen LogP contribution in [0.2, 0.25) is 0 Å². The summed E-state index contributed by atoms with van der Waals surface area (Å²) in [6, 6.07) is 20.2. The summed E-state index contributed by atoms with van der Waals surface area (Å²) in [6.07, 6.45) is 8.39. The number of nitrogens with two attached hydrogens (primary N) is 1. The molecular formula is C22H25N. The fourth-order valence-electron chi connectivity index (χ4n) is 6.57. The summed E-state index contributed by atoms with van der Waals surface area (Å²) >= 11 is 0. The minimum atomic E-state index is 0.396. The minimum Gasteiger partial charge on any atom is -0.399 e. The number of hydrogen-bond donors (Lipinski definition) is 1. The lowest BCUT2D eigenvalue weighted by Crippen LogP contribution is -2.55. The van der Waals surface area contributed by atoms with Crippen molar-refractivity contribution in [2.75, 3.05) is 5.73 Å². The number of nitrogen functional groups attached to an aromatic ring is 1. The van der Waals surface area contributed by atoms with E-state index in [0.717, 1.165) is 17.5 Å². The lowest BCUT2D eigenvalue weighted by atomic mass is 9.42. The second-order valence-electron chi connectivity index (χ2n) is 8.51. The fraction of sp³-hybridized carbons (Fsp3) is 0.455. The Morgan fingerprint density at radius 3 is 1.78 bits per heavy atom. The van der Waals surface area contributed by atoms with Crippen LogP contribution in [0.3, 0.4) is 0 Å². The lowest BCUT2D eigenvalue weighted by Gasteiger charge is -2.62. The summed E-state index contributed by atoms with van der Waals surface area (Å²) in [5.41, 5.74) is 10.8. The van der Waals surface area contributed by atoms with Gasteiger partial charge in [-0.3, -0.25) is 0 Å². The summed E-state index contributed by atoms with van der Waals surface area (Å²) in [5.74, 6) is 1.82. The molecule has 2 unspecified atom stereocenters. The topological polar surface area (TPSA) is 26.0 Å². The van der Waals surface area contributed by atoms with Crippen LogP contribution in [0, 0.1) is 11.8 Å². The van der Waals surface area contributed by atoms with Gasteiger partial charge in [0, 0.05) is 5.69 Å². The number of rotatable bonds is 2. The van der Waals surface area contributed by atoms with Crippen LogP contribution in [-0.2, 0) is 10.8 Å². The van der Waals surface area contributed by atoms with E-state index < -0.39 is 0 Å². The Balaban J connectivity index is 1.61. The van der Waals surface area contributed by atoms with Gasteiger partial charge in [0.2, 0.25) is 0 Å². The molecule has 23 heavy (non-hydrogen) atoms. The molecule has 4 fully saturated rings. The average molecular weight is 303 g/mol. The summed E-state index contributed by atoms with van der Waals surface area (Å²) < 4.78 is 0. The van der Waals surface area contributed by atoms with Gasteiger partial charge < -0.3 is 5.73 Å². The molecule has 4 saturated carbocycles. The molecule has 2 aromatic rings. The summed E-state index contributed by atoms with van der Waals surface area (Å²) in [5, 5.41) is 0. The van der Waals surface area contributed by atoms with Crippen molar-refractivity contribution in [3.05, 3.63) is 65.7 Å². The molecule has 6 rings (SSSR count). The summed E-state index contributed by atoms with van der Waals surface area (Å²) in [7, 11) is 0. The average Bonchev–Trinajstić information content (AvgIpc) is 2.55. The molecule has 0 heterocycles. The second-order valence-corrected chi connectivity index (χ2v) is 8.51. The molecule has 4 aliphatic carbocycles. The van der Waals surface area contributed by atoms with Gasteiger partial charge in [-0.05, 0) is 84.5 Å². The Hall–Kier alpha value is -1.76. The van der Waals surface area contributed by atoms with Gasteiger partial charge in [-0.25, -0.2) is 0 Å². The molecule has 118 valence electrons. The van der Waals surface area contributed by atoms with Gasteiger partial charge in [0.25, 0.3) is 0 Å². The second kappa shape index (κ2) is 4.63. The Bertz CT molecular complexity index is 701. The first-order valence-electron chi connectivity index (χ1n) is 9.09. The van der Waals surface area contributed by atoms with Crippen molar-refractivity contribution in [1.29, 1.82) is 0 Å². The van der Waals surface area contributed by atoms with Crippen molar-refractivity contribution in [2.24, 2.45) is 11.8 Å². The molecule has 4 bridgehead atoms. The molecule has 1 heteroatoms. The molecule has 0 aliphatic heterocycles. The first kappa shape index (κ1) is 13.7. The van der Waals surface area contributed by atoms with Crippen LogP contribution < -0.4 is 5.73 Å². The number of hydrogen-bond acceptors (Lipinski definition) is 1. The maximum atomic E-state index is 5.94.